The summed E-state index contributed by atoms with van der Waals surface area (Å²) in [5, 5.41) is 0. The molecule has 1 aliphatic rings. The van der Waals surface area contributed by atoms with Crippen LogP contribution in [0.15, 0.2) is 54.9 Å². The van der Waals surface area contributed by atoms with Crippen LogP contribution in [-0.2, 0) is 0 Å². The molecule has 0 bridgehead atoms. The lowest BCUT2D eigenvalue weighted by molar-refractivity contribution is 0.724. The second kappa shape index (κ2) is 3.06. The first-order chi connectivity index (χ1) is 7.42. The van der Waals surface area contributed by atoms with Gasteiger partial charge in [-0.25, -0.2) is 4.39 Å². The summed E-state index contributed by atoms with van der Waals surface area (Å²) in [6, 6.07) is 15.8. The number of fused-ring (bicyclic) bond motifs is 3. The SMILES string of the molecule is F[13CH]=C1c2ccccc2-c2ccccc21. The van der Waals surface area contributed by atoms with Crippen molar-refractivity contribution in [2.75, 3.05) is 0 Å². The fourth-order valence-electron chi connectivity index (χ4n) is 2.17. The highest BCUT2D eigenvalue weighted by atomic mass is 19.2. The van der Waals surface area contributed by atoms with Crippen molar-refractivity contribution >= 4 is 5.57 Å². The van der Waals surface area contributed by atoms with Gasteiger partial charge in [0.15, 0.2) is 0 Å². The third-order valence-corrected chi connectivity index (χ3v) is 2.83. The molecule has 2 aromatic rings. The van der Waals surface area contributed by atoms with Gasteiger partial charge in [-0.05, 0) is 22.3 Å². The van der Waals surface area contributed by atoms with E-state index in [-0.39, 0.29) is 0 Å². The van der Waals surface area contributed by atoms with Crippen LogP contribution in [0.5, 0.6) is 0 Å². The smallest absolute Gasteiger partial charge is 0.0951 e. The summed E-state index contributed by atoms with van der Waals surface area (Å²) < 4.78 is 12.9. The minimum Gasteiger partial charge on any atom is -0.215 e. The van der Waals surface area contributed by atoms with Crippen molar-refractivity contribution in [3.63, 3.8) is 0 Å². The van der Waals surface area contributed by atoms with Gasteiger partial charge in [-0.1, -0.05) is 48.5 Å². The molecule has 0 radical (unpaired) electrons. The molecule has 0 aliphatic heterocycles. The maximum Gasteiger partial charge on any atom is 0.0951 e. The first-order valence-electron chi connectivity index (χ1n) is 4.91. The van der Waals surface area contributed by atoms with Crippen LogP contribution in [0.1, 0.15) is 11.1 Å². The molecule has 1 heteroatoms. The monoisotopic (exact) mass is 197 g/mol. The molecule has 15 heavy (non-hydrogen) atoms. The lowest BCUT2D eigenvalue weighted by atomic mass is 10.1. The zero-order valence-corrected chi connectivity index (χ0v) is 8.07. The van der Waals surface area contributed by atoms with Crippen molar-refractivity contribution in [3.8, 4) is 11.1 Å². The van der Waals surface area contributed by atoms with Gasteiger partial charge in [0.1, 0.15) is 0 Å². The number of hydrogen-bond acceptors (Lipinski definition) is 0. The maximum atomic E-state index is 12.9. The van der Waals surface area contributed by atoms with Crippen molar-refractivity contribution in [3.05, 3.63) is 66.0 Å². The van der Waals surface area contributed by atoms with E-state index in [9.17, 15) is 4.39 Å². The molecule has 0 amide bonds. The van der Waals surface area contributed by atoms with Crippen LogP contribution in [0.4, 0.5) is 4.39 Å². The van der Waals surface area contributed by atoms with Crippen LogP contribution >= 0.6 is 0 Å². The molecule has 0 unspecified atom stereocenters. The van der Waals surface area contributed by atoms with Gasteiger partial charge in [0.2, 0.25) is 0 Å². The van der Waals surface area contributed by atoms with E-state index in [2.05, 4.69) is 0 Å². The van der Waals surface area contributed by atoms with E-state index >= 15 is 0 Å². The highest BCUT2D eigenvalue weighted by Crippen LogP contribution is 2.43. The van der Waals surface area contributed by atoms with Gasteiger partial charge in [-0.2, -0.15) is 0 Å². The third-order valence-electron chi connectivity index (χ3n) is 2.83. The summed E-state index contributed by atoms with van der Waals surface area (Å²) in [6.07, 6.45) is 0.699. The van der Waals surface area contributed by atoms with Crippen LogP contribution in [-0.4, -0.2) is 0 Å². The van der Waals surface area contributed by atoms with E-state index in [1.807, 2.05) is 48.5 Å². The van der Waals surface area contributed by atoms with Crippen molar-refractivity contribution in [1.29, 1.82) is 0 Å². The highest BCUT2D eigenvalue weighted by molar-refractivity contribution is 6.00. The molecule has 2 aromatic carbocycles. The van der Waals surface area contributed by atoms with Gasteiger partial charge in [-0.3, -0.25) is 0 Å². The molecule has 0 spiro atoms. The molecule has 0 heterocycles. The Morgan fingerprint density at radius 2 is 1.07 bits per heavy atom. The van der Waals surface area contributed by atoms with Crippen molar-refractivity contribution in [1.82, 2.24) is 0 Å². The zero-order valence-electron chi connectivity index (χ0n) is 8.07. The lowest BCUT2D eigenvalue weighted by Gasteiger charge is -1.97. The normalized spacial score (nSPS) is 12.2. The Morgan fingerprint density at radius 3 is 1.47 bits per heavy atom. The van der Waals surface area contributed by atoms with Crippen LogP contribution < -0.4 is 0 Å². The quantitative estimate of drug-likeness (QED) is 0.477. The van der Waals surface area contributed by atoms with Crippen LogP contribution in [0.25, 0.3) is 16.7 Å². The Labute approximate surface area is 87.7 Å². The van der Waals surface area contributed by atoms with Crippen molar-refractivity contribution in [2.45, 2.75) is 0 Å². The summed E-state index contributed by atoms with van der Waals surface area (Å²) >= 11 is 0. The molecule has 0 N–H and O–H groups in total. The average molecular weight is 197 g/mol. The van der Waals surface area contributed by atoms with Gasteiger partial charge >= 0.3 is 0 Å². The number of hydrogen-bond donors (Lipinski definition) is 0. The standard InChI is InChI=1S/C14H9F/c15-9-14-12-7-3-1-5-10(12)11-6-2-4-8-13(11)14/h1-9H/i9+1. The van der Waals surface area contributed by atoms with Crippen molar-refractivity contribution in [2.24, 2.45) is 0 Å². The molecular formula is C14H9F. The molecule has 3 rings (SSSR count). The van der Waals surface area contributed by atoms with Gasteiger partial charge in [0, 0.05) is 5.57 Å². The molecule has 0 saturated heterocycles. The van der Waals surface area contributed by atoms with E-state index in [1.54, 1.807) is 0 Å². The van der Waals surface area contributed by atoms with Gasteiger partial charge in [-0.15, -0.1) is 0 Å². The van der Waals surface area contributed by atoms with Gasteiger partial charge in [0.05, 0.1) is 6.33 Å². The number of halogens is 1. The predicted octanol–water partition coefficient (Wildman–Crippen LogP) is 4.03. The number of benzene rings is 2. The summed E-state index contributed by atoms with van der Waals surface area (Å²) in [5.74, 6) is 0. The summed E-state index contributed by atoms with van der Waals surface area (Å²) in [6.45, 7) is 0. The fourth-order valence-corrected chi connectivity index (χ4v) is 2.17. The molecule has 0 fully saturated rings. The first-order valence-corrected chi connectivity index (χ1v) is 4.91. The Balaban J connectivity index is 2.41. The average Bonchev–Trinajstić information content (AvgIpc) is 2.63. The van der Waals surface area contributed by atoms with Crippen LogP contribution in [0, 0.1) is 0 Å². The minimum absolute atomic E-state index is 0.696. The Morgan fingerprint density at radius 1 is 0.667 bits per heavy atom. The second-order valence-corrected chi connectivity index (χ2v) is 3.61. The molecule has 0 atom stereocenters. The first kappa shape index (κ1) is 8.42. The Kier molecular flexibility index (Phi) is 1.72. The molecule has 1 aliphatic carbocycles. The summed E-state index contributed by atoms with van der Waals surface area (Å²) in [7, 11) is 0. The van der Waals surface area contributed by atoms with E-state index in [0.717, 1.165) is 22.3 Å². The Hall–Kier alpha value is -1.89. The van der Waals surface area contributed by atoms with E-state index in [1.165, 1.54) is 0 Å². The molecule has 0 saturated carbocycles. The summed E-state index contributed by atoms with van der Waals surface area (Å²) in [4.78, 5) is 0. The van der Waals surface area contributed by atoms with Crippen LogP contribution in [0.2, 0.25) is 0 Å². The van der Waals surface area contributed by atoms with E-state index in [4.69, 9.17) is 0 Å². The molecule has 0 aromatic heterocycles. The minimum atomic E-state index is 0.696. The third kappa shape index (κ3) is 1.06. The highest BCUT2D eigenvalue weighted by Gasteiger charge is 2.21. The fraction of sp³-hybridized carbons (Fsp3) is 0. The molecular weight excluding hydrogens is 188 g/mol. The number of rotatable bonds is 0. The van der Waals surface area contributed by atoms with Crippen molar-refractivity contribution < 1.29 is 4.39 Å². The zero-order chi connectivity index (χ0) is 10.3. The van der Waals surface area contributed by atoms with E-state index in [0.29, 0.717) is 11.9 Å². The molecule has 0 nitrogen and oxygen atoms in total. The Bertz CT molecular complexity index is 505. The van der Waals surface area contributed by atoms with Gasteiger partial charge < -0.3 is 0 Å². The topological polar surface area (TPSA) is 0 Å². The lowest BCUT2D eigenvalue weighted by Crippen LogP contribution is -1.77. The summed E-state index contributed by atoms with van der Waals surface area (Å²) in [5.41, 5.74) is 4.91. The van der Waals surface area contributed by atoms with Gasteiger partial charge in [0.25, 0.3) is 0 Å². The van der Waals surface area contributed by atoms with Crippen LogP contribution in [0.3, 0.4) is 0 Å². The second-order valence-electron chi connectivity index (χ2n) is 3.61. The van der Waals surface area contributed by atoms with E-state index < -0.39 is 0 Å². The largest absolute Gasteiger partial charge is 0.215 e. The predicted molar refractivity (Wildman–Crippen MR) is 60.1 cm³/mol. The maximum absolute atomic E-state index is 12.9. The molecule has 72 valence electrons.